The molecule has 0 bridgehead atoms. The van der Waals surface area contributed by atoms with Gasteiger partial charge in [0.25, 0.3) is 0 Å². The number of rotatable bonds is 3. The smallest absolute Gasteiger partial charge is 0.268 e. The van der Waals surface area contributed by atoms with Gasteiger partial charge in [-0.3, -0.25) is 13.2 Å². The summed E-state index contributed by atoms with van der Waals surface area (Å²) in [5.74, 6) is 0. The summed E-state index contributed by atoms with van der Waals surface area (Å²) in [5, 5.41) is 0. The van der Waals surface area contributed by atoms with Gasteiger partial charge in [0.05, 0.1) is 0 Å². The van der Waals surface area contributed by atoms with Crippen LogP contribution in [0.15, 0.2) is 0 Å². The molecule has 0 saturated heterocycles. The first-order chi connectivity index (χ1) is 3.35. The molecule has 0 aliphatic rings. The first-order valence-electron chi connectivity index (χ1n) is 2.03. The molecule has 0 nitrogen and oxygen atoms in total. The molecule has 0 aliphatic heterocycles. The van der Waals surface area contributed by atoms with E-state index in [0.29, 0.717) is 0 Å². The first kappa shape index (κ1) is 7.32. The summed E-state index contributed by atoms with van der Waals surface area (Å²) in [6.07, 6.45) is 0. The molecule has 0 atom stereocenters. The molecule has 0 N–H and O–H groups in total. The molecule has 42 valence electrons. The average Bonchev–Trinajstić information content (AvgIpc) is 1.72. The highest BCUT2D eigenvalue weighted by Crippen LogP contribution is 1.85. The molecule has 0 aliphatic carbocycles. The van der Waals surface area contributed by atoms with Gasteiger partial charge in [0.1, 0.15) is 0 Å². The Labute approximate surface area is 44.7 Å². The lowest BCUT2D eigenvalue weighted by molar-refractivity contribution is 0.510. The molecule has 0 amide bonds. The zero-order chi connectivity index (χ0) is 5.70. The third kappa shape index (κ3) is 2.96. The fourth-order valence-corrected chi connectivity index (χ4v) is 0.371. The highest BCUT2D eigenvalue weighted by atomic mass is 27.2. The Hall–Kier alpha value is 0.322. The van der Waals surface area contributed by atoms with Crippen molar-refractivity contribution in [3.8, 4) is 0 Å². The van der Waals surface area contributed by atoms with Gasteiger partial charge >= 0.3 is 14.1 Å². The first-order valence-corrected chi connectivity index (χ1v) is 4.48. The molecule has 0 spiro atoms. The Morgan fingerprint density at radius 3 is 1.14 bits per heavy atom. The van der Waals surface area contributed by atoms with E-state index in [9.17, 15) is 13.2 Å². The molecule has 0 aromatic heterocycles. The van der Waals surface area contributed by atoms with E-state index in [1.165, 1.54) is 0 Å². The second-order valence-electron chi connectivity index (χ2n) is 1.33. The van der Waals surface area contributed by atoms with E-state index < -0.39 is 30.8 Å². The molecule has 0 heterocycles. The van der Waals surface area contributed by atoms with Gasteiger partial charge < -0.3 is 0 Å². The summed E-state index contributed by atoms with van der Waals surface area (Å²) in [7, 11) is 0. The van der Waals surface area contributed by atoms with Crippen LogP contribution in [0.4, 0.5) is 13.2 Å². The van der Waals surface area contributed by atoms with Gasteiger partial charge in [-0.15, -0.1) is 0 Å². The van der Waals surface area contributed by atoms with Crippen LogP contribution in [0.25, 0.3) is 0 Å². The maximum absolute atomic E-state index is 11.2. The highest BCUT2D eigenvalue weighted by Gasteiger charge is 2.16. The van der Waals surface area contributed by atoms with Crippen LogP contribution in [0, 0.1) is 0 Å². The Bertz CT molecular complexity index is 31.7. The van der Waals surface area contributed by atoms with Crippen molar-refractivity contribution in [1.29, 1.82) is 0 Å². The van der Waals surface area contributed by atoms with Gasteiger partial charge in [-0.25, -0.2) is 0 Å². The van der Waals surface area contributed by atoms with Crippen LogP contribution in [0.2, 0.25) is 0 Å². The molecule has 4 heteroatoms. The lowest BCUT2D eigenvalue weighted by atomic mass is 11.7. The fourth-order valence-electron chi connectivity index (χ4n) is 0.124. The van der Waals surface area contributed by atoms with Crippen molar-refractivity contribution in [2.75, 3.05) is 16.6 Å². The zero-order valence-electron chi connectivity index (χ0n) is 3.83. The number of hydrogen-bond acceptors (Lipinski definition) is 0. The summed E-state index contributed by atoms with van der Waals surface area (Å²) >= 11 is -2.17. The van der Waals surface area contributed by atoms with Crippen molar-refractivity contribution < 1.29 is 13.2 Å². The fraction of sp³-hybridized carbons (Fsp3) is 1.00. The molecule has 0 unspecified atom stereocenters. The largest absolute Gasteiger partial charge is 0.396 e. The Morgan fingerprint density at radius 2 is 1.14 bits per heavy atom. The van der Waals surface area contributed by atoms with E-state index in [2.05, 4.69) is 0 Å². The van der Waals surface area contributed by atoms with E-state index in [0.717, 1.165) is 0 Å². The van der Waals surface area contributed by atoms with Gasteiger partial charge in [0.2, 0.25) is 0 Å². The minimum Gasteiger partial charge on any atom is -0.268 e. The van der Waals surface area contributed by atoms with E-state index in [1.54, 1.807) is 0 Å². The summed E-state index contributed by atoms with van der Waals surface area (Å²) in [4.78, 5) is 0. The van der Waals surface area contributed by atoms with Gasteiger partial charge in [-0.05, 0) is 0 Å². The van der Waals surface area contributed by atoms with E-state index in [-0.39, 0.29) is 0 Å². The molecule has 0 saturated carbocycles. The van der Waals surface area contributed by atoms with Crippen LogP contribution in [-0.2, 0) is 0 Å². The van der Waals surface area contributed by atoms with Gasteiger partial charge in [-0.1, -0.05) is 0 Å². The molecule has 0 radical (unpaired) electrons. The Balaban J connectivity index is 2.99. The summed E-state index contributed by atoms with van der Waals surface area (Å²) in [5.41, 5.74) is -2.27. The lowest BCUT2D eigenvalue weighted by Gasteiger charge is -1.89. The van der Waals surface area contributed by atoms with Crippen molar-refractivity contribution in [3.63, 3.8) is 0 Å². The monoisotopic (exact) mass is 126 g/mol. The second-order valence-corrected chi connectivity index (χ2v) is 3.99. The van der Waals surface area contributed by atoms with Crippen molar-refractivity contribution in [2.45, 2.75) is 0 Å². The van der Waals surface area contributed by atoms with E-state index >= 15 is 0 Å². The summed E-state index contributed by atoms with van der Waals surface area (Å²) in [6.45, 7) is 0. The minimum absolute atomic E-state index is 0.757. The van der Waals surface area contributed by atoms with E-state index in [1.807, 2.05) is 0 Å². The van der Waals surface area contributed by atoms with Crippen molar-refractivity contribution in [2.24, 2.45) is 0 Å². The predicted molar refractivity (Wildman–Crippen MR) is 23.7 cm³/mol. The van der Waals surface area contributed by atoms with Gasteiger partial charge in [-0.2, -0.15) is 0 Å². The topological polar surface area (TPSA) is 0 Å². The molecular formula is C3H6AlF3. The van der Waals surface area contributed by atoms with E-state index in [4.69, 9.17) is 0 Å². The van der Waals surface area contributed by atoms with Crippen LogP contribution in [-0.4, -0.2) is 30.8 Å². The quantitative estimate of drug-likeness (QED) is 0.495. The van der Waals surface area contributed by atoms with Crippen molar-refractivity contribution in [1.82, 2.24) is 0 Å². The molecule has 0 rings (SSSR count). The normalized spacial score (nSPS) is 9.00. The average molecular weight is 126 g/mol. The standard InChI is InChI=1S/3CH2F.Al/c3*1-2;/h3*1H2;. The number of hydrogen-bond donors (Lipinski definition) is 0. The zero-order valence-corrected chi connectivity index (χ0v) is 4.99. The molecule has 0 aromatic carbocycles. The number of alkyl halides is 3. The van der Waals surface area contributed by atoms with Crippen LogP contribution < -0.4 is 0 Å². The maximum Gasteiger partial charge on any atom is 0.396 e. The Morgan fingerprint density at radius 1 is 0.857 bits per heavy atom. The van der Waals surface area contributed by atoms with Crippen molar-refractivity contribution in [3.05, 3.63) is 0 Å². The highest BCUT2D eigenvalue weighted by molar-refractivity contribution is 6.58. The molecule has 0 fully saturated rings. The van der Waals surface area contributed by atoms with Crippen LogP contribution in [0.1, 0.15) is 0 Å². The molecule has 7 heavy (non-hydrogen) atoms. The number of halogens is 3. The maximum atomic E-state index is 11.2. The molecular weight excluding hydrogens is 120 g/mol. The summed E-state index contributed by atoms with van der Waals surface area (Å²) in [6, 6.07) is 0. The summed E-state index contributed by atoms with van der Waals surface area (Å²) < 4.78 is 33.7. The van der Waals surface area contributed by atoms with Gasteiger partial charge in [0.15, 0.2) is 0 Å². The molecule has 0 aromatic rings. The lowest BCUT2D eigenvalue weighted by Crippen LogP contribution is -2.22. The third-order valence-corrected chi connectivity index (χ3v) is 1.96. The van der Waals surface area contributed by atoms with Crippen molar-refractivity contribution >= 4 is 14.1 Å². The van der Waals surface area contributed by atoms with Crippen LogP contribution >= 0.6 is 0 Å². The predicted octanol–water partition coefficient (Wildman–Crippen LogP) is 1.01. The van der Waals surface area contributed by atoms with Gasteiger partial charge in [0, 0.05) is 16.6 Å². The van der Waals surface area contributed by atoms with Crippen LogP contribution in [0.3, 0.4) is 0 Å². The van der Waals surface area contributed by atoms with Crippen LogP contribution in [0.5, 0.6) is 0 Å². The second kappa shape index (κ2) is 4.48. The Kier molecular flexibility index (Phi) is 4.69. The third-order valence-electron chi connectivity index (χ3n) is 0.655. The minimum atomic E-state index is -2.17. The SMILES string of the molecule is F[CH2][Al]([CH2]F)[CH2]F.